The number of benzene rings is 2. The van der Waals surface area contributed by atoms with Gasteiger partial charge in [0.25, 0.3) is 0 Å². The average Bonchev–Trinajstić information content (AvgIpc) is 3.68. The molecular formula is C53H74O6. The lowest BCUT2D eigenvalue weighted by Gasteiger charge is -2.23. The molecule has 4 aliphatic rings. The van der Waals surface area contributed by atoms with Crippen LogP contribution in [-0.4, -0.2) is 35.0 Å². The number of unbranched alkanes of at least 4 members (excludes halogenated alkanes) is 4. The molecule has 322 valence electrons. The minimum Gasteiger partial charge on any atom is -0.490 e. The highest BCUT2D eigenvalue weighted by atomic mass is 16.5. The highest BCUT2D eigenvalue weighted by molar-refractivity contribution is 5.94. The van der Waals surface area contributed by atoms with Gasteiger partial charge in [-0.15, -0.1) is 0 Å². The maximum absolute atomic E-state index is 14.7. The van der Waals surface area contributed by atoms with Crippen molar-refractivity contribution in [3.05, 3.63) is 53.6 Å². The average molecular weight is 807 g/mol. The van der Waals surface area contributed by atoms with Crippen molar-refractivity contribution >= 4 is 39.7 Å². The summed E-state index contributed by atoms with van der Waals surface area (Å²) in [4.78, 5) is 65.9. The number of Topliss-reactive ketones (excluding diaryl/α,β-unsaturated/α-hetero) is 5. The first-order valence-corrected chi connectivity index (χ1v) is 23.9. The molecule has 59 heavy (non-hydrogen) atoms. The van der Waals surface area contributed by atoms with Gasteiger partial charge < -0.3 is 4.74 Å². The molecule has 6 nitrogen and oxygen atoms in total. The van der Waals surface area contributed by atoms with E-state index in [4.69, 9.17) is 4.74 Å². The van der Waals surface area contributed by atoms with E-state index < -0.39 is 11.8 Å². The van der Waals surface area contributed by atoms with Crippen molar-refractivity contribution < 1.29 is 28.7 Å². The van der Waals surface area contributed by atoms with Crippen LogP contribution in [0, 0.1) is 40.9 Å². The third-order valence-corrected chi connectivity index (χ3v) is 15.2. The van der Waals surface area contributed by atoms with E-state index in [0.29, 0.717) is 74.4 Å². The molecule has 0 amide bonds. The van der Waals surface area contributed by atoms with Crippen LogP contribution in [0.25, 0.3) is 10.8 Å². The van der Waals surface area contributed by atoms with Crippen molar-refractivity contribution in [1.82, 2.24) is 0 Å². The molecule has 0 heterocycles. The predicted octanol–water partition coefficient (Wildman–Crippen LogP) is 12.6. The Morgan fingerprint density at radius 1 is 0.831 bits per heavy atom. The Bertz CT molecular complexity index is 1830. The van der Waals surface area contributed by atoms with Gasteiger partial charge in [0.05, 0.1) is 0 Å². The minimum absolute atomic E-state index is 0.0369. The summed E-state index contributed by atoms with van der Waals surface area (Å²) in [5.74, 6) is 2.27. The lowest BCUT2D eigenvalue weighted by atomic mass is 9.79. The smallest absolute Gasteiger partial charge is 0.140 e. The monoisotopic (exact) mass is 807 g/mol. The van der Waals surface area contributed by atoms with Gasteiger partial charge in [-0.25, -0.2) is 0 Å². The maximum Gasteiger partial charge on any atom is 0.140 e. The van der Waals surface area contributed by atoms with Gasteiger partial charge in [-0.05, 0) is 131 Å². The van der Waals surface area contributed by atoms with Crippen LogP contribution in [0.15, 0.2) is 42.5 Å². The molecule has 4 aliphatic carbocycles. The van der Waals surface area contributed by atoms with Crippen molar-refractivity contribution in [2.45, 2.75) is 188 Å². The van der Waals surface area contributed by atoms with Gasteiger partial charge >= 0.3 is 0 Å². The fourth-order valence-electron chi connectivity index (χ4n) is 11.3. The van der Waals surface area contributed by atoms with E-state index in [1.807, 2.05) is 0 Å². The molecule has 6 heteroatoms. The van der Waals surface area contributed by atoms with Crippen molar-refractivity contribution in [2.75, 3.05) is 0 Å². The number of carbonyl (C=O) groups excluding carboxylic acids is 5. The Balaban J connectivity index is 1.12. The quantitative estimate of drug-likeness (QED) is 0.0774. The van der Waals surface area contributed by atoms with Crippen LogP contribution in [0.5, 0.6) is 5.75 Å². The lowest BCUT2D eigenvalue weighted by Crippen LogP contribution is -2.31. The third-order valence-electron chi connectivity index (χ3n) is 15.2. The summed E-state index contributed by atoms with van der Waals surface area (Å²) in [6.45, 7) is 9.64. The van der Waals surface area contributed by atoms with Crippen LogP contribution < -0.4 is 4.74 Å². The highest BCUT2D eigenvalue weighted by Crippen LogP contribution is 2.53. The number of hydrogen-bond donors (Lipinski definition) is 0. The zero-order chi connectivity index (χ0) is 42.1. The number of ketones is 5. The summed E-state index contributed by atoms with van der Waals surface area (Å²) in [6, 6.07) is 11.0. The van der Waals surface area contributed by atoms with Crippen molar-refractivity contribution in [3.8, 4) is 5.75 Å². The molecule has 0 aromatic heterocycles. The molecule has 4 fully saturated rings. The zero-order valence-corrected chi connectivity index (χ0v) is 37.2. The standard InChI is InChI=1S/C53H74O6/c1-6-17-44(56)28-38-24-25-40(26-38)42-30-49-39(7-2)21-16-23-47(49)51(31-42)59-46-32-48(35(3)54)50(33-46)52(58)41(29-45(57)27-37-18-14-15-19-37)20-12-10-8-9-11-13-22-43-34-53(43,5)36(4)55/h13,16,21-23,30-31,37-38,40-41,43,46,48,50H,6-12,14-15,17-20,24-29,32-34H2,1-5H3/b22-13-. The largest absolute Gasteiger partial charge is 0.490 e. The van der Waals surface area contributed by atoms with Gasteiger partial charge in [0.2, 0.25) is 0 Å². The van der Waals surface area contributed by atoms with Gasteiger partial charge in [0.1, 0.15) is 40.8 Å². The predicted molar refractivity (Wildman–Crippen MR) is 238 cm³/mol. The number of carbonyl (C=O) groups is 5. The maximum atomic E-state index is 14.7. The second kappa shape index (κ2) is 20.9. The van der Waals surface area contributed by atoms with E-state index in [1.165, 1.54) is 29.4 Å². The molecule has 2 aromatic carbocycles. The normalized spacial score (nSPS) is 27.4. The zero-order valence-electron chi connectivity index (χ0n) is 37.2. The van der Waals surface area contributed by atoms with Crippen molar-refractivity contribution in [1.29, 1.82) is 0 Å². The van der Waals surface area contributed by atoms with Crippen LogP contribution in [0.4, 0.5) is 0 Å². The van der Waals surface area contributed by atoms with E-state index in [1.54, 1.807) is 13.8 Å². The molecule has 8 atom stereocenters. The molecule has 4 saturated carbocycles. The molecular weight excluding hydrogens is 733 g/mol. The summed E-state index contributed by atoms with van der Waals surface area (Å²) in [7, 11) is 0. The Morgan fingerprint density at radius 2 is 1.58 bits per heavy atom. The van der Waals surface area contributed by atoms with Crippen LogP contribution in [0.3, 0.4) is 0 Å². The van der Waals surface area contributed by atoms with E-state index in [-0.39, 0.29) is 40.6 Å². The number of allylic oxidation sites excluding steroid dienone is 2. The van der Waals surface area contributed by atoms with E-state index in [0.717, 1.165) is 94.6 Å². The lowest BCUT2D eigenvalue weighted by molar-refractivity contribution is -0.135. The Morgan fingerprint density at radius 3 is 2.29 bits per heavy atom. The van der Waals surface area contributed by atoms with Crippen molar-refractivity contribution in [2.24, 2.45) is 40.9 Å². The Labute approximate surface area is 355 Å². The van der Waals surface area contributed by atoms with Crippen LogP contribution in [-0.2, 0) is 30.4 Å². The van der Waals surface area contributed by atoms with Gasteiger partial charge in [0.15, 0.2) is 0 Å². The molecule has 8 unspecified atom stereocenters. The first-order chi connectivity index (χ1) is 28.4. The van der Waals surface area contributed by atoms with Crippen LogP contribution in [0.1, 0.15) is 187 Å². The molecule has 0 bridgehead atoms. The number of hydrogen-bond acceptors (Lipinski definition) is 6. The fraction of sp³-hybridized carbons (Fsp3) is 0.679. The van der Waals surface area contributed by atoms with Crippen LogP contribution in [0.2, 0.25) is 0 Å². The van der Waals surface area contributed by atoms with Crippen molar-refractivity contribution in [3.63, 3.8) is 0 Å². The van der Waals surface area contributed by atoms with E-state index in [2.05, 4.69) is 63.3 Å². The van der Waals surface area contributed by atoms with Gasteiger partial charge in [0, 0.05) is 54.2 Å². The van der Waals surface area contributed by atoms with Gasteiger partial charge in [-0.1, -0.05) is 102 Å². The Kier molecular flexibility index (Phi) is 16.0. The number of ether oxygens (including phenoxy) is 1. The molecule has 6 rings (SSSR count). The molecule has 0 spiro atoms. The highest BCUT2D eigenvalue weighted by Gasteiger charge is 2.52. The minimum atomic E-state index is -0.438. The summed E-state index contributed by atoms with van der Waals surface area (Å²) in [5, 5.41) is 2.28. The second-order valence-corrected chi connectivity index (χ2v) is 19.7. The SMILES string of the molecule is CCCC(=O)CC1CCC(c2cc(OC3CC(C(C)=O)C(C(=O)C(CCCCCC/C=C\C4CC4(C)C(C)=O)CC(=O)CC4CCCC4)C3)c3cccc(CC)c3c2)C1. The number of fused-ring (bicyclic) bond motifs is 1. The first-order valence-electron chi connectivity index (χ1n) is 23.9. The van der Waals surface area contributed by atoms with Gasteiger partial charge in [-0.3, -0.25) is 24.0 Å². The summed E-state index contributed by atoms with van der Waals surface area (Å²) in [6.07, 6.45) is 23.7. The molecule has 2 aromatic rings. The van der Waals surface area contributed by atoms with E-state index in [9.17, 15) is 24.0 Å². The number of rotatable bonds is 24. The molecule has 0 N–H and O–H groups in total. The molecule has 0 saturated heterocycles. The summed E-state index contributed by atoms with van der Waals surface area (Å²) >= 11 is 0. The fourth-order valence-corrected chi connectivity index (χ4v) is 11.3. The summed E-state index contributed by atoms with van der Waals surface area (Å²) in [5.41, 5.74) is 2.39. The topological polar surface area (TPSA) is 94.6 Å². The molecule has 0 aliphatic heterocycles. The van der Waals surface area contributed by atoms with Gasteiger partial charge in [-0.2, -0.15) is 0 Å². The Hall–Kier alpha value is -3.41. The first kappa shape index (κ1) is 45.1. The van der Waals surface area contributed by atoms with E-state index >= 15 is 0 Å². The van der Waals surface area contributed by atoms with Crippen LogP contribution >= 0.6 is 0 Å². The number of aryl methyl sites for hydroxylation is 1. The summed E-state index contributed by atoms with van der Waals surface area (Å²) < 4.78 is 6.96. The molecule has 0 radical (unpaired) electrons. The second-order valence-electron chi connectivity index (χ2n) is 19.7. The third kappa shape index (κ3) is 11.7.